The molecule has 1 radical (unpaired) electrons. The normalized spacial score (nSPS) is 18.4. The van der Waals surface area contributed by atoms with Crippen LogP contribution in [0.3, 0.4) is 0 Å². The fourth-order valence-corrected chi connectivity index (χ4v) is 1.04. The quantitative estimate of drug-likeness (QED) is 0.604. The standard InChI is InChI=1S/C8H7N4/c1-8(9-11-12-10-8)7-5-3-2-4-6-7/h2-3,5-6H,1H3. The Morgan fingerprint density at radius 2 is 2.08 bits per heavy atom. The van der Waals surface area contributed by atoms with E-state index in [4.69, 9.17) is 0 Å². The minimum absolute atomic E-state index is 0.627. The Morgan fingerprint density at radius 1 is 1.33 bits per heavy atom. The van der Waals surface area contributed by atoms with Crippen LogP contribution in [0, 0.1) is 6.07 Å². The minimum Gasteiger partial charge on any atom is -0.130 e. The average Bonchev–Trinajstić information content (AvgIpc) is 2.55. The highest BCUT2D eigenvalue weighted by molar-refractivity contribution is 5.22. The molecule has 59 valence electrons. The molecule has 0 unspecified atom stereocenters. The van der Waals surface area contributed by atoms with Gasteiger partial charge in [0.25, 0.3) is 0 Å². The zero-order valence-electron chi connectivity index (χ0n) is 6.60. The summed E-state index contributed by atoms with van der Waals surface area (Å²) in [4.78, 5) is 0. The number of hydrogen-bond acceptors (Lipinski definition) is 4. The van der Waals surface area contributed by atoms with Gasteiger partial charge in [0.05, 0.1) is 0 Å². The van der Waals surface area contributed by atoms with Gasteiger partial charge in [0.2, 0.25) is 5.66 Å². The van der Waals surface area contributed by atoms with Gasteiger partial charge in [-0.15, -0.1) is 10.2 Å². The summed E-state index contributed by atoms with van der Waals surface area (Å²) in [7, 11) is 0. The summed E-state index contributed by atoms with van der Waals surface area (Å²) in [6.07, 6.45) is 0. The van der Waals surface area contributed by atoms with Crippen molar-refractivity contribution in [3.63, 3.8) is 0 Å². The molecular formula is C8H7N4. The highest BCUT2D eigenvalue weighted by atomic mass is 15.6. The van der Waals surface area contributed by atoms with E-state index in [-0.39, 0.29) is 0 Å². The second kappa shape index (κ2) is 2.48. The van der Waals surface area contributed by atoms with E-state index in [1.54, 1.807) is 0 Å². The molecule has 0 fully saturated rings. The number of benzene rings is 1. The summed E-state index contributed by atoms with van der Waals surface area (Å²) in [5.41, 5.74) is 0.326. The predicted molar refractivity (Wildman–Crippen MR) is 42.3 cm³/mol. The van der Waals surface area contributed by atoms with Crippen LogP contribution in [0.5, 0.6) is 0 Å². The molecule has 0 spiro atoms. The molecule has 0 aliphatic carbocycles. The van der Waals surface area contributed by atoms with Crippen molar-refractivity contribution < 1.29 is 0 Å². The molecule has 1 heterocycles. The Kier molecular flexibility index (Phi) is 1.46. The topological polar surface area (TPSA) is 49.4 Å². The van der Waals surface area contributed by atoms with Gasteiger partial charge >= 0.3 is 0 Å². The number of rotatable bonds is 1. The van der Waals surface area contributed by atoms with E-state index in [2.05, 4.69) is 26.7 Å². The fourth-order valence-electron chi connectivity index (χ4n) is 1.04. The van der Waals surface area contributed by atoms with Crippen LogP contribution in [-0.2, 0) is 5.66 Å². The molecule has 4 nitrogen and oxygen atoms in total. The lowest BCUT2D eigenvalue weighted by Crippen LogP contribution is -2.12. The fraction of sp³-hybridized carbons (Fsp3) is 0.250. The van der Waals surface area contributed by atoms with Crippen molar-refractivity contribution in [3.05, 3.63) is 35.9 Å². The third-order valence-electron chi connectivity index (χ3n) is 1.77. The lowest BCUT2D eigenvalue weighted by atomic mass is 10.0. The lowest BCUT2D eigenvalue weighted by molar-refractivity contribution is 0.518. The van der Waals surface area contributed by atoms with Gasteiger partial charge in [-0.2, -0.15) is 0 Å². The number of hydrogen-bond donors (Lipinski definition) is 0. The first-order chi connectivity index (χ1) is 5.81. The first kappa shape index (κ1) is 7.09. The third kappa shape index (κ3) is 1.01. The van der Waals surface area contributed by atoms with Gasteiger partial charge in [-0.3, -0.25) is 0 Å². The van der Waals surface area contributed by atoms with Crippen LogP contribution in [0.4, 0.5) is 0 Å². The van der Waals surface area contributed by atoms with Crippen molar-refractivity contribution in [1.29, 1.82) is 0 Å². The molecule has 1 aromatic carbocycles. The first-order valence-corrected chi connectivity index (χ1v) is 3.62. The molecule has 0 saturated heterocycles. The van der Waals surface area contributed by atoms with Crippen molar-refractivity contribution in [3.8, 4) is 0 Å². The maximum absolute atomic E-state index is 3.91. The summed E-state index contributed by atoms with van der Waals surface area (Å²) < 4.78 is 0. The van der Waals surface area contributed by atoms with Gasteiger partial charge in [-0.05, 0) is 29.5 Å². The Labute approximate surface area is 70.0 Å². The van der Waals surface area contributed by atoms with Gasteiger partial charge < -0.3 is 0 Å². The molecule has 0 bridgehead atoms. The summed E-state index contributed by atoms with van der Waals surface area (Å²) in [5, 5.41) is 14.8. The molecule has 0 saturated carbocycles. The maximum Gasteiger partial charge on any atom is 0.217 e. The summed E-state index contributed by atoms with van der Waals surface area (Å²) in [5.74, 6) is 0. The Bertz CT molecular complexity index is 316. The van der Waals surface area contributed by atoms with E-state index in [1.807, 2.05) is 31.2 Å². The van der Waals surface area contributed by atoms with Gasteiger partial charge in [0.1, 0.15) is 0 Å². The molecule has 0 aromatic heterocycles. The largest absolute Gasteiger partial charge is 0.217 e. The van der Waals surface area contributed by atoms with E-state index in [1.165, 1.54) is 0 Å². The van der Waals surface area contributed by atoms with Crippen LogP contribution < -0.4 is 0 Å². The van der Waals surface area contributed by atoms with Gasteiger partial charge in [-0.1, -0.05) is 18.2 Å². The van der Waals surface area contributed by atoms with Crippen molar-refractivity contribution in [2.45, 2.75) is 12.6 Å². The molecule has 0 amide bonds. The Hall–Kier alpha value is -1.58. The highest BCUT2D eigenvalue weighted by Crippen LogP contribution is 2.30. The molecule has 0 N–H and O–H groups in total. The predicted octanol–water partition coefficient (Wildman–Crippen LogP) is 2.49. The minimum atomic E-state index is -0.627. The maximum atomic E-state index is 3.91. The van der Waals surface area contributed by atoms with Gasteiger partial charge in [0.15, 0.2) is 0 Å². The van der Waals surface area contributed by atoms with Gasteiger partial charge in [0, 0.05) is 5.56 Å². The zero-order chi connectivity index (χ0) is 8.44. The zero-order valence-corrected chi connectivity index (χ0v) is 6.60. The van der Waals surface area contributed by atoms with Crippen LogP contribution in [-0.4, -0.2) is 0 Å². The molecular weight excluding hydrogens is 152 g/mol. The molecule has 2 rings (SSSR count). The Balaban J connectivity index is 2.43. The smallest absolute Gasteiger partial charge is 0.130 e. The van der Waals surface area contributed by atoms with Crippen molar-refractivity contribution >= 4 is 0 Å². The average molecular weight is 159 g/mol. The van der Waals surface area contributed by atoms with E-state index in [0.717, 1.165) is 5.56 Å². The lowest BCUT2D eigenvalue weighted by Gasteiger charge is -2.12. The van der Waals surface area contributed by atoms with Crippen molar-refractivity contribution in [2.24, 2.45) is 20.7 Å². The highest BCUT2D eigenvalue weighted by Gasteiger charge is 2.28. The molecule has 0 atom stereocenters. The van der Waals surface area contributed by atoms with Crippen LogP contribution in [0.25, 0.3) is 0 Å². The van der Waals surface area contributed by atoms with Crippen LogP contribution in [0.1, 0.15) is 12.5 Å². The molecule has 1 aliphatic heterocycles. The molecule has 1 aromatic rings. The van der Waals surface area contributed by atoms with Crippen LogP contribution in [0.2, 0.25) is 0 Å². The van der Waals surface area contributed by atoms with E-state index >= 15 is 0 Å². The Morgan fingerprint density at radius 3 is 2.67 bits per heavy atom. The summed E-state index contributed by atoms with van der Waals surface area (Å²) >= 11 is 0. The molecule has 12 heavy (non-hydrogen) atoms. The second-order valence-electron chi connectivity index (χ2n) is 2.69. The van der Waals surface area contributed by atoms with Crippen LogP contribution in [0.15, 0.2) is 44.9 Å². The first-order valence-electron chi connectivity index (χ1n) is 3.62. The van der Waals surface area contributed by atoms with Gasteiger partial charge in [-0.25, -0.2) is 0 Å². The van der Waals surface area contributed by atoms with E-state index in [9.17, 15) is 0 Å². The van der Waals surface area contributed by atoms with E-state index in [0.29, 0.717) is 0 Å². The van der Waals surface area contributed by atoms with Crippen LogP contribution >= 0.6 is 0 Å². The number of nitrogens with zero attached hydrogens (tertiary/aromatic N) is 4. The summed E-state index contributed by atoms with van der Waals surface area (Å²) in [6, 6.07) is 10.4. The second-order valence-corrected chi connectivity index (χ2v) is 2.69. The summed E-state index contributed by atoms with van der Waals surface area (Å²) in [6.45, 7) is 1.86. The van der Waals surface area contributed by atoms with Crippen molar-refractivity contribution in [2.75, 3.05) is 0 Å². The third-order valence-corrected chi connectivity index (χ3v) is 1.77. The van der Waals surface area contributed by atoms with Crippen molar-refractivity contribution in [1.82, 2.24) is 0 Å². The van der Waals surface area contributed by atoms with E-state index < -0.39 is 5.66 Å². The monoisotopic (exact) mass is 159 g/mol. The molecule has 4 heteroatoms. The molecule has 1 aliphatic rings. The SMILES string of the molecule is CC1(c2c[c]ccc2)N=NN=N1.